The smallest absolute Gasteiger partial charge is 0.132 e. The summed E-state index contributed by atoms with van der Waals surface area (Å²) in [4.78, 5) is 4.14. The van der Waals surface area contributed by atoms with Crippen LogP contribution in [0, 0.1) is 17.1 Å². The molecular weight excluding hydrogens is 203 g/mol. The highest BCUT2D eigenvalue weighted by molar-refractivity contribution is 5.59. The molecule has 0 spiro atoms. The lowest BCUT2D eigenvalue weighted by molar-refractivity contribution is 0.630. The molecule has 0 atom stereocenters. The van der Waals surface area contributed by atoms with Crippen LogP contribution < -0.4 is 0 Å². The second-order valence-electron chi connectivity index (χ2n) is 3.37. The van der Waals surface area contributed by atoms with Gasteiger partial charge in [-0.05, 0) is 23.8 Å². The number of hydrogen-bond acceptors (Lipinski definition) is 2. The maximum atomic E-state index is 13.4. The molecule has 3 heteroatoms. The van der Waals surface area contributed by atoms with Crippen molar-refractivity contribution in [3.05, 3.63) is 54.0 Å². The number of benzene rings is 1. The first-order chi connectivity index (χ1) is 7.81. The number of rotatable bonds is 2. The fraction of sp³-hybridized carbons (Fsp3) is 0.0769. The minimum Gasteiger partial charge on any atom is -0.256 e. The van der Waals surface area contributed by atoms with E-state index in [-0.39, 0.29) is 5.82 Å². The molecule has 1 aromatic carbocycles. The van der Waals surface area contributed by atoms with E-state index in [9.17, 15) is 4.39 Å². The lowest BCUT2D eigenvalue weighted by Crippen LogP contribution is -1.89. The van der Waals surface area contributed by atoms with Crippen LogP contribution in [-0.4, -0.2) is 4.98 Å². The summed E-state index contributed by atoms with van der Waals surface area (Å²) in [6, 6.07) is 12.1. The van der Waals surface area contributed by atoms with Gasteiger partial charge in [-0.3, -0.25) is 4.98 Å². The maximum Gasteiger partial charge on any atom is 0.132 e. The molecule has 0 bridgehead atoms. The van der Waals surface area contributed by atoms with Crippen molar-refractivity contribution in [2.24, 2.45) is 0 Å². The Hall–Kier alpha value is -2.21. The van der Waals surface area contributed by atoms with Crippen LogP contribution >= 0.6 is 0 Å². The molecule has 0 aliphatic rings. The molecule has 2 nitrogen and oxygen atoms in total. The van der Waals surface area contributed by atoms with Crippen molar-refractivity contribution in [1.82, 2.24) is 4.98 Å². The van der Waals surface area contributed by atoms with Gasteiger partial charge in [0.05, 0.1) is 18.2 Å². The molecule has 0 amide bonds. The van der Waals surface area contributed by atoms with Crippen molar-refractivity contribution in [3.8, 4) is 17.3 Å². The number of halogens is 1. The number of aromatic nitrogens is 1. The Labute approximate surface area is 93.0 Å². The molecule has 0 saturated carbocycles. The van der Waals surface area contributed by atoms with Gasteiger partial charge in [0.2, 0.25) is 0 Å². The van der Waals surface area contributed by atoms with E-state index in [1.54, 1.807) is 36.5 Å². The van der Waals surface area contributed by atoms with E-state index in [2.05, 4.69) is 4.98 Å². The Kier molecular flexibility index (Phi) is 2.93. The highest BCUT2D eigenvalue weighted by Gasteiger charge is 2.04. The third-order valence-corrected chi connectivity index (χ3v) is 2.26. The average molecular weight is 212 g/mol. The first-order valence-electron chi connectivity index (χ1n) is 4.88. The standard InChI is InChI=1S/C13H9FN2/c14-12-4-2-1-3-11(12)13-6-5-10(7-8-15)9-16-13/h1-6,9H,7H2. The monoisotopic (exact) mass is 212 g/mol. The van der Waals surface area contributed by atoms with Crippen LogP contribution in [0.4, 0.5) is 4.39 Å². The largest absolute Gasteiger partial charge is 0.256 e. The molecule has 0 saturated heterocycles. The molecule has 0 aliphatic carbocycles. The Morgan fingerprint density at radius 1 is 1.19 bits per heavy atom. The van der Waals surface area contributed by atoms with E-state index in [1.807, 2.05) is 6.07 Å². The van der Waals surface area contributed by atoms with E-state index in [4.69, 9.17) is 5.26 Å². The Balaban J connectivity index is 2.36. The van der Waals surface area contributed by atoms with Crippen molar-refractivity contribution in [2.75, 3.05) is 0 Å². The van der Waals surface area contributed by atoms with Gasteiger partial charge in [-0.15, -0.1) is 0 Å². The number of pyridine rings is 1. The third-order valence-electron chi connectivity index (χ3n) is 2.26. The van der Waals surface area contributed by atoms with Gasteiger partial charge < -0.3 is 0 Å². The van der Waals surface area contributed by atoms with E-state index < -0.39 is 0 Å². The van der Waals surface area contributed by atoms with Gasteiger partial charge in [0.1, 0.15) is 5.82 Å². The van der Waals surface area contributed by atoms with Gasteiger partial charge in [-0.2, -0.15) is 5.26 Å². The second kappa shape index (κ2) is 4.54. The van der Waals surface area contributed by atoms with Crippen LogP contribution in [-0.2, 0) is 6.42 Å². The van der Waals surface area contributed by atoms with Gasteiger partial charge in [0.15, 0.2) is 0 Å². The van der Waals surface area contributed by atoms with E-state index in [0.717, 1.165) is 5.56 Å². The minimum atomic E-state index is -0.289. The summed E-state index contributed by atoms with van der Waals surface area (Å²) in [5.41, 5.74) is 1.90. The molecule has 2 rings (SSSR count). The highest BCUT2D eigenvalue weighted by Crippen LogP contribution is 2.20. The summed E-state index contributed by atoms with van der Waals surface area (Å²) in [6.07, 6.45) is 1.93. The number of nitrogens with zero attached hydrogens (tertiary/aromatic N) is 2. The van der Waals surface area contributed by atoms with Gasteiger partial charge in [-0.1, -0.05) is 18.2 Å². The molecule has 2 aromatic rings. The second-order valence-corrected chi connectivity index (χ2v) is 3.37. The van der Waals surface area contributed by atoms with E-state index in [1.165, 1.54) is 6.07 Å². The van der Waals surface area contributed by atoms with Gasteiger partial charge in [-0.25, -0.2) is 4.39 Å². The molecule has 0 N–H and O–H groups in total. The number of hydrogen-bond donors (Lipinski definition) is 0. The SMILES string of the molecule is N#CCc1ccc(-c2ccccc2F)nc1. The van der Waals surface area contributed by atoms with E-state index in [0.29, 0.717) is 17.7 Å². The van der Waals surface area contributed by atoms with Crippen LogP contribution in [0.15, 0.2) is 42.6 Å². The molecular formula is C13H9FN2. The fourth-order valence-corrected chi connectivity index (χ4v) is 1.45. The van der Waals surface area contributed by atoms with Crippen molar-refractivity contribution >= 4 is 0 Å². The van der Waals surface area contributed by atoms with Crippen molar-refractivity contribution < 1.29 is 4.39 Å². The first kappa shape index (κ1) is 10.3. The quantitative estimate of drug-likeness (QED) is 0.767. The molecule has 0 fully saturated rings. The summed E-state index contributed by atoms with van der Waals surface area (Å²) in [5.74, 6) is -0.289. The van der Waals surface area contributed by atoms with Crippen LogP contribution in [0.25, 0.3) is 11.3 Å². The van der Waals surface area contributed by atoms with Crippen molar-refractivity contribution in [3.63, 3.8) is 0 Å². The lowest BCUT2D eigenvalue weighted by Gasteiger charge is -2.02. The topological polar surface area (TPSA) is 36.7 Å². The minimum absolute atomic E-state index is 0.289. The highest BCUT2D eigenvalue weighted by atomic mass is 19.1. The van der Waals surface area contributed by atoms with Crippen LogP contribution in [0.1, 0.15) is 5.56 Å². The predicted octanol–water partition coefficient (Wildman–Crippen LogP) is 2.95. The molecule has 0 aliphatic heterocycles. The summed E-state index contributed by atoms with van der Waals surface area (Å²) in [6.45, 7) is 0. The summed E-state index contributed by atoms with van der Waals surface area (Å²) < 4.78 is 13.4. The van der Waals surface area contributed by atoms with Crippen molar-refractivity contribution in [1.29, 1.82) is 5.26 Å². The van der Waals surface area contributed by atoms with Gasteiger partial charge in [0, 0.05) is 11.8 Å². The van der Waals surface area contributed by atoms with Gasteiger partial charge >= 0.3 is 0 Å². The third kappa shape index (κ3) is 2.06. The summed E-state index contributed by atoms with van der Waals surface area (Å²) >= 11 is 0. The average Bonchev–Trinajstić information content (AvgIpc) is 2.31. The van der Waals surface area contributed by atoms with E-state index >= 15 is 0 Å². The van der Waals surface area contributed by atoms with Crippen LogP contribution in [0.3, 0.4) is 0 Å². The summed E-state index contributed by atoms with van der Waals surface area (Å²) in [7, 11) is 0. The molecule has 16 heavy (non-hydrogen) atoms. The zero-order valence-electron chi connectivity index (χ0n) is 8.52. The Morgan fingerprint density at radius 2 is 2.00 bits per heavy atom. The molecule has 0 radical (unpaired) electrons. The maximum absolute atomic E-state index is 13.4. The van der Waals surface area contributed by atoms with Crippen LogP contribution in [0.2, 0.25) is 0 Å². The fourth-order valence-electron chi connectivity index (χ4n) is 1.45. The normalized spacial score (nSPS) is 9.75. The zero-order chi connectivity index (χ0) is 11.4. The zero-order valence-corrected chi connectivity index (χ0v) is 8.52. The Morgan fingerprint density at radius 3 is 2.62 bits per heavy atom. The number of nitriles is 1. The molecule has 1 aromatic heterocycles. The molecule has 78 valence electrons. The van der Waals surface area contributed by atoms with Crippen molar-refractivity contribution in [2.45, 2.75) is 6.42 Å². The molecule has 1 heterocycles. The predicted molar refractivity (Wildman–Crippen MR) is 58.9 cm³/mol. The van der Waals surface area contributed by atoms with Gasteiger partial charge in [0.25, 0.3) is 0 Å². The molecule has 0 unspecified atom stereocenters. The summed E-state index contributed by atoms with van der Waals surface area (Å²) in [5, 5.41) is 8.51. The lowest BCUT2D eigenvalue weighted by atomic mass is 10.1. The first-order valence-corrected chi connectivity index (χ1v) is 4.88. The van der Waals surface area contributed by atoms with Crippen LogP contribution in [0.5, 0.6) is 0 Å². The Bertz CT molecular complexity index is 526.